The van der Waals surface area contributed by atoms with Crippen molar-refractivity contribution in [3.63, 3.8) is 0 Å². The van der Waals surface area contributed by atoms with E-state index in [1.165, 1.54) is 4.90 Å². The molecule has 1 N–H and O–H groups in total. The van der Waals surface area contributed by atoms with Crippen molar-refractivity contribution in [2.75, 3.05) is 20.5 Å². The van der Waals surface area contributed by atoms with Crippen molar-refractivity contribution in [1.82, 2.24) is 9.80 Å². The number of hydrogen-bond acceptors (Lipinski definition) is 2. The Hall–Kier alpha value is -0.770. The maximum atomic E-state index is 11.5. The topological polar surface area (TPSA) is 43.8 Å². The molecule has 106 valence electrons. The summed E-state index contributed by atoms with van der Waals surface area (Å²) in [6, 6.07) is -0.118. The van der Waals surface area contributed by atoms with Crippen molar-refractivity contribution in [3.8, 4) is 0 Å². The molecule has 0 bridgehead atoms. The molecule has 0 saturated heterocycles. The van der Waals surface area contributed by atoms with Crippen LogP contribution in [0.15, 0.2) is 0 Å². The van der Waals surface area contributed by atoms with Gasteiger partial charge in [-0.15, -0.1) is 0 Å². The third kappa shape index (κ3) is 4.16. The van der Waals surface area contributed by atoms with E-state index < -0.39 is 25.6 Å². The SMILES string of the molecule is [2H]C([2H])([2H])N(C[C@H]1CC[C@H](N(C(=O)O)C(C)(C)C)CC1)C([2H])([2H])[2H]. The van der Waals surface area contributed by atoms with E-state index in [2.05, 4.69) is 0 Å². The zero-order chi connectivity index (χ0) is 18.9. The second-order valence-corrected chi connectivity index (χ2v) is 6.11. The third-order valence-electron chi connectivity index (χ3n) is 3.55. The number of hydrogen-bond donors (Lipinski definition) is 1. The Balaban J connectivity index is 2.73. The highest BCUT2D eigenvalue weighted by Gasteiger charge is 2.35. The summed E-state index contributed by atoms with van der Waals surface area (Å²) in [6.45, 7) is 0.179. The van der Waals surface area contributed by atoms with Crippen LogP contribution in [0, 0.1) is 5.92 Å². The molecule has 0 spiro atoms. The fourth-order valence-electron chi connectivity index (χ4n) is 2.83. The summed E-state index contributed by atoms with van der Waals surface area (Å²) < 4.78 is 44.5. The van der Waals surface area contributed by atoms with Crippen molar-refractivity contribution in [1.29, 1.82) is 0 Å². The number of carboxylic acid groups (broad SMARTS) is 1. The van der Waals surface area contributed by atoms with Crippen LogP contribution in [0.3, 0.4) is 0 Å². The van der Waals surface area contributed by atoms with Gasteiger partial charge in [-0.3, -0.25) is 0 Å². The van der Waals surface area contributed by atoms with Gasteiger partial charge in [-0.1, -0.05) is 0 Å². The minimum absolute atomic E-state index is 0.0255. The highest BCUT2D eigenvalue weighted by molar-refractivity contribution is 5.66. The molecule has 0 unspecified atom stereocenters. The van der Waals surface area contributed by atoms with Gasteiger partial charge in [-0.05, 0) is 66.3 Å². The van der Waals surface area contributed by atoms with Gasteiger partial charge in [0.2, 0.25) is 0 Å². The molecule has 0 aliphatic heterocycles. The van der Waals surface area contributed by atoms with E-state index in [1.807, 2.05) is 20.8 Å². The van der Waals surface area contributed by atoms with Gasteiger partial charge in [0, 0.05) is 26.4 Å². The van der Waals surface area contributed by atoms with Crippen molar-refractivity contribution < 1.29 is 18.1 Å². The van der Waals surface area contributed by atoms with Gasteiger partial charge in [0.25, 0.3) is 0 Å². The molecular formula is C14H28N2O2. The predicted molar refractivity (Wildman–Crippen MR) is 73.9 cm³/mol. The molecule has 4 nitrogen and oxygen atoms in total. The number of carbonyl (C=O) groups is 1. The summed E-state index contributed by atoms with van der Waals surface area (Å²) in [7, 11) is 0. The van der Waals surface area contributed by atoms with Gasteiger partial charge >= 0.3 is 6.09 Å². The average Bonchev–Trinajstić information content (AvgIpc) is 2.32. The van der Waals surface area contributed by atoms with Crippen LogP contribution in [-0.2, 0) is 0 Å². The lowest BCUT2D eigenvalue weighted by Gasteiger charge is -2.43. The molecule has 0 atom stereocenters. The Labute approximate surface area is 119 Å². The summed E-state index contributed by atoms with van der Waals surface area (Å²) in [5, 5.41) is 9.45. The summed E-state index contributed by atoms with van der Waals surface area (Å²) in [5.41, 5.74) is -0.507. The lowest BCUT2D eigenvalue weighted by Crippen LogP contribution is -2.52. The van der Waals surface area contributed by atoms with Crippen LogP contribution in [0.1, 0.15) is 54.7 Å². The van der Waals surface area contributed by atoms with Crippen LogP contribution < -0.4 is 0 Å². The van der Waals surface area contributed by atoms with Gasteiger partial charge in [0.05, 0.1) is 0 Å². The van der Waals surface area contributed by atoms with Crippen LogP contribution in [0.4, 0.5) is 4.79 Å². The molecule has 1 rings (SSSR count). The van der Waals surface area contributed by atoms with E-state index in [4.69, 9.17) is 8.22 Å². The van der Waals surface area contributed by atoms with E-state index >= 15 is 0 Å². The summed E-state index contributed by atoms with van der Waals surface area (Å²) in [4.78, 5) is 13.6. The van der Waals surface area contributed by atoms with Crippen molar-refractivity contribution in [2.24, 2.45) is 5.92 Å². The van der Waals surface area contributed by atoms with Crippen molar-refractivity contribution >= 4 is 6.09 Å². The van der Waals surface area contributed by atoms with E-state index in [1.54, 1.807) is 0 Å². The van der Waals surface area contributed by atoms with Crippen LogP contribution in [0.2, 0.25) is 0 Å². The Morgan fingerprint density at radius 2 is 1.83 bits per heavy atom. The lowest BCUT2D eigenvalue weighted by molar-refractivity contribution is 0.0483. The molecule has 0 aromatic heterocycles. The monoisotopic (exact) mass is 262 g/mol. The molecule has 1 aliphatic carbocycles. The van der Waals surface area contributed by atoms with Gasteiger partial charge in [-0.25, -0.2) is 4.79 Å². The molecule has 0 radical (unpaired) electrons. The first-order chi connectivity index (χ1) is 10.6. The van der Waals surface area contributed by atoms with E-state index in [0.29, 0.717) is 30.6 Å². The van der Waals surface area contributed by atoms with Gasteiger partial charge in [0.15, 0.2) is 0 Å². The summed E-state index contributed by atoms with van der Waals surface area (Å²) in [6.07, 6.45) is 1.51. The Bertz CT molecular complexity index is 422. The van der Waals surface area contributed by atoms with E-state index in [9.17, 15) is 9.90 Å². The maximum absolute atomic E-state index is 11.5. The fraction of sp³-hybridized carbons (Fsp3) is 0.929. The standard InChI is InChI=1S/C14H28N2O2/c1-14(2,3)16(13(17)18)12-8-6-11(7-9-12)10-15(4)5/h11-12H,6-10H2,1-5H3,(H,17,18)/t11-,12-/i4D3,5D3. The molecule has 0 aromatic rings. The summed E-state index contributed by atoms with van der Waals surface area (Å²) in [5.74, 6) is -0.0577. The molecule has 1 amide bonds. The minimum atomic E-state index is -2.67. The van der Waals surface area contributed by atoms with E-state index in [0.717, 1.165) is 0 Å². The molecule has 1 aliphatic rings. The van der Waals surface area contributed by atoms with Gasteiger partial charge in [0.1, 0.15) is 0 Å². The van der Waals surface area contributed by atoms with Crippen LogP contribution in [-0.4, -0.2) is 53.1 Å². The second kappa shape index (κ2) is 5.91. The zero-order valence-electron chi connectivity index (χ0n) is 17.4. The number of rotatable bonds is 3. The second-order valence-electron chi connectivity index (χ2n) is 6.11. The first-order valence-electron chi connectivity index (χ1n) is 9.44. The molecule has 18 heavy (non-hydrogen) atoms. The lowest BCUT2D eigenvalue weighted by atomic mass is 9.83. The normalized spacial score (nSPS) is 31.6. The molecular weight excluding hydrogens is 228 g/mol. The number of amides is 1. The molecule has 0 heterocycles. The fourth-order valence-corrected chi connectivity index (χ4v) is 2.83. The highest BCUT2D eigenvalue weighted by atomic mass is 16.4. The first-order valence-corrected chi connectivity index (χ1v) is 6.44. The van der Waals surface area contributed by atoms with Crippen LogP contribution in [0.25, 0.3) is 0 Å². The summed E-state index contributed by atoms with van der Waals surface area (Å²) >= 11 is 0. The minimum Gasteiger partial charge on any atom is -0.465 e. The predicted octanol–water partition coefficient (Wildman–Crippen LogP) is 2.89. The average molecular weight is 262 g/mol. The smallest absolute Gasteiger partial charge is 0.407 e. The largest absolute Gasteiger partial charge is 0.465 e. The van der Waals surface area contributed by atoms with E-state index in [-0.39, 0.29) is 18.5 Å². The molecule has 1 fully saturated rings. The maximum Gasteiger partial charge on any atom is 0.407 e. The molecule has 4 heteroatoms. The highest BCUT2D eigenvalue weighted by Crippen LogP contribution is 2.31. The molecule has 0 aromatic carbocycles. The van der Waals surface area contributed by atoms with Crippen LogP contribution in [0.5, 0.6) is 0 Å². The van der Waals surface area contributed by atoms with Gasteiger partial charge in [-0.2, -0.15) is 0 Å². The Morgan fingerprint density at radius 3 is 2.22 bits per heavy atom. The number of nitrogens with zero attached hydrogens (tertiary/aromatic N) is 2. The van der Waals surface area contributed by atoms with Crippen LogP contribution >= 0.6 is 0 Å². The Morgan fingerprint density at radius 1 is 1.28 bits per heavy atom. The zero-order valence-corrected chi connectivity index (χ0v) is 11.4. The molecule has 1 saturated carbocycles. The third-order valence-corrected chi connectivity index (χ3v) is 3.55. The van der Waals surface area contributed by atoms with Crippen molar-refractivity contribution in [3.05, 3.63) is 0 Å². The van der Waals surface area contributed by atoms with Gasteiger partial charge < -0.3 is 14.9 Å². The Kier molecular flexibility index (Phi) is 2.76. The van der Waals surface area contributed by atoms with Crippen molar-refractivity contribution in [2.45, 2.75) is 58.0 Å². The first kappa shape index (κ1) is 8.41. The quantitative estimate of drug-likeness (QED) is 0.850.